The molecule has 0 radical (unpaired) electrons. The van der Waals surface area contributed by atoms with Crippen molar-refractivity contribution in [3.8, 4) is 23.0 Å². The molecular formula is C28H34N8O3. The maximum absolute atomic E-state index is 13.5. The van der Waals surface area contributed by atoms with Crippen LogP contribution in [-0.2, 0) is 25.4 Å². The Hall–Kier alpha value is -4.15. The number of rotatable bonds is 3. The van der Waals surface area contributed by atoms with E-state index in [4.69, 9.17) is 14.5 Å². The van der Waals surface area contributed by atoms with E-state index in [0.29, 0.717) is 31.5 Å². The van der Waals surface area contributed by atoms with Crippen LogP contribution in [0.1, 0.15) is 55.0 Å². The molecule has 11 heteroatoms. The van der Waals surface area contributed by atoms with Crippen molar-refractivity contribution in [1.29, 1.82) is 0 Å². The number of ether oxygens (including phenoxy) is 2. The number of aromatic amines is 1. The van der Waals surface area contributed by atoms with Crippen molar-refractivity contribution < 1.29 is 14.3 Å². The summed E-state index contributed by atoms with van der Waals surface area (Å²) < 4.78 is 16.0. The summed E-state index contributed by atoms with van der Waals surface area (Å²) in [4.78, 5) is 20.3. The molecule has 4 aromatic rings. The lowest BCUT2D eigenvalue weighted by atomic mass is 10.1. The summed E-state index contributed by atoms with van der Waals surface area (Å²) in [6, 6.07) is 2.03. The minimum atomic E-state index is -0.292. The molecule has 2 aliphatic rings. The van der Waals surface area contributed by atoms with Crippen molar-refractivity contribution in [2.24, 2.45) is 20.0 Å². The number of carbonyl (C=O) groups is 1. The van der Waals surface area contributed by atoms with Crippen LogP contribution in [0.3, 0.4) is 0 Å². The average molecular weight is 531 g/mol. The number of pyridine rings is 1. The van der Waals surface area contributed by atoms with Crippen LogP contribution in [0.25, 0.3) is 34.3 Å². The minimum Gasteiger partial charge on any atom is -0.476 e. The number of carbonyl (C=O) groups excluding carboxylic acids is 1. The maximum Gasteiger partial charge on any atom is 0.240 e. The highest BCUT2D eigenvalue weighted by Gasteiger charge is 2.35. The standard InChI is InChI=1S/C28H34N8O3/c1-7-38-26-19-10-11-21-20-12-22(29-17(4)25(20)31-30-21)24-16(3)32-35(6)28(24)39-15(2)13-36(27(37)18-8-9-18)14-23(19)34(5)33-26/h10-12,15,18H,7-9,13-14H2,1-6H3,(H,30,31)/b11-10+/t15-/m0/s1. The first-order valence-corrected chi connectivity index (χ1v) is 13.5. The molecule has 11 nitrogen and oxygen atoms in total. The van der Waals surface area contributed by atoms with Crippen LogP contribution >= 0.6 is 0 Å². The lowest BCUT2D eigenvalue weighted by Gasteiger charge is -2.27. The summed E-state index contributed by atoms with van der Waals surface area (Å²) in [6.45, 7) is 9.14. The topological polar surface area (TPSA) is 116 Å². The second-order valence-corrected chi connectivity index (χ2v) is 10.5. The molecule has 1 amide bonds. The van der Waals surface area contributed by atoms with E-state index in [1.54, 1.807) is 9.36 Å². The van der Waals surface area contributed by atoms with Gasteiger partial charge in [-0.05, 0) is 58.8 Å². The van der Waals surface area contributed by atoms with E-state index in [-0.39, 0.29) is 17.9 Å². The third-order valence-electron chi connectivity index (χ3n) is 7.41. The van der Waals surface area contributed by atoms with Crippen molar-refractivity contribution >= 4 is 29.0 Å². The summed E-state index contributed by atoms with van der Waals surface area (Å²) >= 11 is 0. The van der Waals surface area contributed by atoms with E-state index >= 15 is 0 Å². The average Bonchev–Trinajstić information content (AvgIpc) is 3.52. The van der Waals surface area contributed by atoms with Gasteiger partial charge in [-0.25, -0.2) is 4.68 Å². The first-order valence-electron chi connectivity index (χ1n) is 13.5. The molecule has 39 heavy (non-hydrogen) atoms. The van der Waals surface area contributed by atoms with Gasteiger partial charge in [0.05, 0.1) is 59.3 Å². The summed E-state index contributed by atoms with van der Waals surface area (Å²) in [6.07, 6.45) is 5.54. The number of nitrogens with zero attached hydrogens (tertiary/aromatic N) is 7. The van der Waals surface area contributed by atoms with Crippen molar-refractivity contribution in [1.82, 2.24) is 39.6 Å². The number of nitrogens with one attached hydrogen (secondary N) is 1. The smallest absolute Gasteiger partial charge is 0.240 e. The Labute approximate surface area is 226 Å². The number of hydrogen-bond acceptors (Lipinski definition) is 7. The molecule has 6 rings (SSSR count). The lowest BCUT2D eigenvalue weighted by Crippen LogP contribution is -2.39. The molecule has 1 atom stereocenters. The molecular weight excluding hydrogens is 496 g/mol. The van der Waals surface area contributed by atoms with Gasteiger partial charge in [0.15, 0.2) is 0 Å². The molecule has 0 unspecified atom stereocenters. The number of H-pyrrole nitrogens is 1. The zero-order chi connectivity index (χ0) is 27.4. The van der Waals surface area contributed by atoms with Gasteiger partial charge in [0.1, 0.15) is 11.6 Å². The normalized spacial score (nSPS) is 18.3. The Morgan fingerprint density at radius 3 is 2.69 bits per heavy atom. The Morgan fingerprint density at radius 1 is 1.15 bits per heavy atom. The van der Waals surface area contributed by atoms with Crippen molar-refractivity contribution in [2.75, 3.05) is 13.2 Å². The molecule has 2 bridgehead atoms. The monoisotopic (exact) mass is 530 g/mol. The number of fused-ring (bicyclic) bond motifs is 4. The Balaban J connectivity index is 1.56. The second-order valence-electron chi connectivity index (χ2n) is 10.5. The van der Waals surface area contributed by atoms with Crippen molar-refractivity contribution in [3.05, 3.63) is 34.4 Å². The number of amides is 1. The van der Waals surface area contributed by atoms with Gasteiger partial charge in [-0.15, -0.1) is 5.10 Å². The Kier molecular flexibility index (Phi) is 6.16. The molecule has 1 N–H and O–H groups in total. The quantitative estimate of drug-likeness (QED) is 0.428. The third-order valence-corrected chi connectivity index (χ3v) is 7.41. The highest BCUT2D eigenvalue weighted by molar-refractivity contribution is 5.93. The third kappa shape index (κ3) is 4.45. The molecule has 1 saturated carbocycles. The molecule has 0 saturated heterocycles. The number of aryl methyl sites for hydroxylation is 4. The minimum absolute atomic E-state index is 0.0688. The molecule has 5 heterocycles. The molecule has 0 spiro atoms. The van der Waals surface area contributed by atoms with Gasteiger partial charge in [-0.3, -0.25) is 19.6 Å². The van der Waals surface area contributed by atoms with E-state index in [9.17, 15) is 4.79 Å². The van der Waals surface area contributed by atoms with Crippen LogP contribution in [0.5, 0.6) is 11.8 Å². The number of hydrogen-bond donors (Lipinski definition) is 1. The summed E-state index contributed by atoms with van der Waals surface area (Å²) in [5.74, 6) is 1.37. The van der Waals surface area contributed by atoms with Crippen molar-refractivity contribution in [3.63, 3.8) is 0 Å². The van der Waals surface area contributed by atoms with E-state index < -0.39 is 0 Å². The van der Waals surface area contributed by atoms with Gasteiger partial charge in [-0.1, -0.05) is 0 Å². The van der Waals surface area contributed by atoms with E-state index in [0.717, 1.165) is 63.3 Å². The Morgan fingerprint density at radius 2 is 1.95 bits per heavy atom. The van der Waals surface area contributed by atoms with E-state index in [2.05, 4.69) is 20.4 Å². The fraction of sp³-hybridized carbons (Fsp3) is 0.464. The predicted octanol–water partition coefficient (Wildman–Crippen LogP) is 3.80. The lowest BCUT2D eigenvalue weighted by molar-refractivity contribution is -0.134. The largest absolute Gasteiger partial charge is 0.476 e. The first-order chi connectivity index (χ1) is 18.7. The fourth-order valence-corrected chi connectivity index (χ4v) is 5.36. The van der Waals surface area contributed by atoms with Gasteiger partial charge < -0.3 is 14.4 Å². The number of aromatic nitrogens is 7. The fourth-order valence-electron chi connectivity index (χ4n) is 5.36. The molecule has 4 aromatic heterocycles. The molecule has 0 aromatic carbocycles. The maximum atomic E-state index is 13.5. The summed E-state index contributed by atoms with van der Waals surface area (Å²) in [5.41, 5.74) is 6.61. The first kappa shape index (κ1) is 25.1. The van der Waals surface area contributed by atoms with Crippen LogP contribution in [0.15, 0.2) is 6.07 Å². The highest BCUT2D eigenvalue weighted by Crippen LogP contribution is 2.37. The molecule has 1 fully saturated rings. The highest BCUT2D eigenvalue weighted by atomic mass is 16.5. The SMILES string of the molecule is CCOc1nn(C)c2c1/C=C/c1[nH]nc3c(C)nc(cc13)-c1c(C)nn(C)c1O[C@@H](C)CN(C(=O)C1CC1)C2. The van der Waals surface area contributed by atoms with Crippen LogP contribution in [0.4, 0.5) is 0 Å². The summed E-state index contributed by atoms with van der Waals surface area (Å²) in [5, 5.41) is 18.0. The van der Waals surface area contributed by atoms with E-state index in [1.807, 2.05) is 64.9 Å². The molecule has 204 valence electrons. The van der Waals surface area contributed by atoms with Gasteiger partial charge in [0, 0.05) is 25.4 Å². The van der Waals surface area contributed by atoms with Gasteiger partial charge in [0.2, 0.25) is 17.7 Å². The van der Waals surface area contributed by atoms with Gasteiger partial charge in [-0.2, -0.15) is 10.2 Å². The van der Waals surface area contributed by atoms with Crippen LogP contribution in [0.2, 0.25) is 0 Å². The molecule has 1 aliphatic carbocycles. The van der Waals surface area contributed by atoms with Crippen molar-refractivity contribution in [2.45, 2.75) is 53.2 Å². The molecule has 1 aliphatic heterocycles. The van der Waals surface area contributed by atoms with Crippen LogP contribution in [-0.4, -0.2) is 64.8 Å². The van der Waals surface area contributed by atoms with Crippen LogP contribution < -0.4 is 9.47 Å². The van der Waals surface area contributed by atoms with Crippen LogP contribution in [0, 0.1) is 19.8 Å². The van der Waals surface area contributed by atoms with Gasteiger partial charge >= 0.3 is 0 Å². The second kappa shape index (κ2) is 9.55. The zero-order valence-corrected chi connectivity index (χ0v) is 23.3. The zero-order valence-electron chi connectivity index (χ0n) is 23.3. The summed E-state index contributed by atoms with van der Waals surface area (Å²) in [7, 11) is 3.76. The predicted molar refractivity (Wildman–Crippen MR) is 147 cm³/mol. The van der Waals surface area contributed by atoms with Gasteiger partial charge in [0.25, 0.3) is 0 Å². The van der Waals surface area contributed by atoms with E-state index in [1.165, 1.54) is 0 Å². The Bertz CT molecular complexity index is 1610.